The zero-order chi connectivity index (χ0) is 12.5. The Bertz CT molecular complexity index is 176. The van der Waals surface area contributed by atoms with Gasteiger partial charge in [-0.1, -0.05) is 26.7 Å². The molecule has 1 aliphatic heterocycles. The molecule has 17 heavy (non-hydrogen) atoms. The molecule has 0 amide bonds. The lowest BCUT2D eigenvalue weighted by atomic mass is 9.94. The maximum atomic E-state index is 5.69. The fourth-order valence-corrected chi connectivity index (χ4v) is 3.31. The standard InChI is InChI=1S/C15H32N2/c1-3-7-14(10-11-16)8-5-12-17-13-6-9-15(17)4-2/h14-15H,3-13,16H2,1-2H3. The van der Waals surface area contributed by atoms with Gasteiger partial charge in [-0.05, 0) is 64.1 Å². The number of nitrogens with two attached hydrogens (primary N) is 1. The predicted molar refractivity (Wildman–Crippen MR) is 76.2 cm³/mol. The van der Waals surface area contributed by atoms with Gasteiger partial charge in [-0.2, -0.15) is 0 Å². The summed E-state index contributed by atoms with van der Waals surface area (Å²) in [7, 11) is 0. The first-order chi connectivity index (χ1) is 8.31. The van der Waals surface area contributed by atoms with Crippen molar-refractivity contribution in [2.75, 3.05) is 19.6 Å². The quantitative estimate of drug-likeness (QED) is 0.669. The minimum Gasteiger partial charge on any atom is -0.330 e. The van der Waals surface area contributed by atoms with Gasteiger partial charge < -0.3 is 10.6 Å². The molecule has 0 saturated carbocycles. The minimum atomic E-state index is 0.867. The fourth-order valence-electron chi connectivity index (χ4n) is 3.31. The second kappa shape index (κ2) is 8.93. The van der Waals surface area contributed by atoms with E-state index in [4.69, 9.17) is 5.73 Å². The third-order valence-electron chi connectivity index (χ3n) is 4.30. The third-order valence-corrected chi connectivity index (χ3v) is 4.30. The largest absolute Gasteiger partial charge is 0.330 e. The summed E-state index contributed by atoms with van der Waals surface area (Å²) in [4.78, 5) is 2.71. The van der Waals surface area contributed by atoms with Crippen LogP contribution in [0.3, 0.4) is 0 Å². The smallest absolute Gasteiger partial charge is 0.00931 e. The molecule has 2 unspecified atom stereocenters. The minimum absolute atomic E-state index is 0.867. The lowest BCUT2D eigenvalue weighted by Crippen LogP contribution is -2.30. The second-order valence-electron chi connectivity index (χ2n) is 5.61. The van der Waals surface area contributed by atoms with Crippen LogP contribution in [0.2, 0.25) is 0 Å². The van der Waals surface area contributed by atoms with Gasteiger partial charge in [0.2, 0.25) is 0 Å². The van der Waals surface area contributed by atoms with Gasteiger partial charge in [-0.15, -0.1) is 0 Å². The zero-order valence-corrected chi connectivity index (χ0v) is 12.0. The van der Waals surface area contributed by atoms with Crippen LogP contribution in [0.5, 0.6) is 0 Å². The first-order valence-corrected chi connectivity index (χ1v) is 7.75. The molecule has 0 radical (unpaired) electrons. The Labute approximate surface area is 108 Å². The van der Waals surface area contributed by atoms with E-state index in [1.165, 1.54) is 64.5 Å². The molecule has 0 aromatic rings. The van der Waals surface area contributed by atoms with Crippen LogP contribution in [-0.2, 0) is 0 Å². The first-order valence-electron chi connectivity index (χ1n) is 7.75. The van der Waals surface area contributed by atoms with Crippen molar-refractivity contribution in [1.82, 2.24) is 4.90 Å². The van der Waals surface area contributed by atoms with Crippen molar-refractivity contribution in [3.63, 3.8) is 0 Å². The number of hydrogen-bond donors (Lipinski definition) is 1. The van der Waals surface area contributed by atoms with Crippen LogP contribution in [0.1, 0.15) is 65.2 Å². The van der Waals surface area contributed by atoms with Crippen molar-refractivity contribution in [1.29, 1.82) is 0 Å². The van der Waals surface area contributed by atoms with Gasteiger partial charge in [0.1, 0.15) is 0 Å². The topological polar surface area (TPSA) is 29.3 Å². The molecule has 2 atom stereocenters. The van der Waals surface area contributed by atoms with E-state index in [0.717, 1.165) is 18.5 Å². The van der Waals surface area contributed by atoms with E-state index in [1.807, 2.05) is 0 Å². The highest BCUT2D eigenvalue weighted by atomic mass is 15.2. The molecule has 0 aliphatic carbocycles. The van der Waals surface area contributed by atoms with Crippen LogP contribution in [0.4, 0.5) is 0 Å². The molecule has 1 rings (SSSR count). The molecular weight excluding hydrogens is 208 g/mol. The van der Waals surface area contributed by atoms with E-state index in [-0.39, 0.29) is 0 Å². The van der Waals surface area contributed by atoms with Gasteiger partial charge in [-0.25, -0.2) is 0 Å². The van der Waals surface area contributed by atoms with Crippen molar-refractivity contribution in [2.24, 2.45) is 11.7 Å². The monoisotopic (exact) mass is 240 g/mol. The summed E-state index contributed by atoms with van der Waals surface area (Å²) in [6.45, 7) is 8.15. The lowest BCUT2D eigenvalue weighted by Gasteiger charge is -2.24. The molecule has 102 valence electrons. The first kappa shape index (κ1) is 15.0. The zero-order valence-electron chi connectivity index (χ0n) is 12.0. The van der Waals surface area contributed by atoms with Gasteiger partial charge in [0, 0.05) is 6.04 Å². The van der Waals surface area contributed by atoms with Crippen molar-refractivity contribution in [3.8, 4) is 0 Å². The molecule has 2 heteroatoms. The number of likely N-dealkylation sites (tertiary alicyclic amines) is 1. The number of hydrogen-bond acceptors (Lipinski definition) is 2. The average molecular weight is 240 g/mol. The van der Waals surface area contributed by atoms with E-state index in [0.29, 0.717) is 0 Å². The summed E-state index contributed by atoms with van der Waals surface area (Å²) in [5, 5.41) is 0. The molecule has 1 aliphatic rings. The number of nitrogens with zero attached hydrogens (tertiary/aromatic N) is 1. The molecular formula is C15H32N2. The fraction of sp³-hybridized carbons (Fsp3) is 1.00. The molecule has 1 heterocycles. The summed E-state index contributed by atoms with van der Waals surface area (Å²) in [6, 6.07) is 0.883. The average Bonchev–Trinajstić information content (AvgIpc) is 2.77. The Morgan fingerprint density at radius 1 is 1.24 bits per heavy atom. The van der Waals surface area contributed by atoms with E-state index in [2.05, 4.69) is 18.7 Å². The highest BCUT2D eigenvalue weighted by molar-refractivity contribution is 4.77. The summed E-state index contributed by atoms with van der Waals surface area (Å²) in [5.74, 6) is 0.882. The van der Waals surface area contributed by atoms with E-state index in [1.54, 1.807) is 0 Å². The van der Waals surface area contributed by atoms with Gasteiger partial charge in [-0.3, -0.25) is 0 Å². The molecule has 0 spiro atoms. The lowest BCUT2D eigenvalue weighted by molar-refractivity contribution is 0.235. The van der Waals surface area contributed by atoms with Crippen LogP contribution in [0.25, 0.3) is 0 Å². The summed E-state index contributed by atoms with van der Waals surface area (Å²) in [6.07, 6.45) is 10.9. The van der Waals surface area contributed by atoms with Crippen molar-refractivity contribution < 1.29 is 0 Å². The van der Waals surface area contributed by atoms with Gasteiger partial charge >= 0.3 is 0 Å². The van der Waals surface area contributed by atoms with E-state index < -0.39 is 0 Å². The number of rotatable bonds is 9. The van der Waals surface area contributed by atoms with Gasteiger partial charge in [0.15, 0.2) is 0 Å². The Hall–Kier alpha value is -0.0800. The molecule has 2 nitrogen and oxygen atoms in total. The Kier molecular flexibility index (Phi) is 7.87. The summed E-state index contributed by atoms with van der Waals surface area (Å²) < 4.78 is 0. The Morgan fingerprint density at radius 2 is 2.06 bits per heavy atom. The molecule has 1 saturated heterocycles. The highest BCUT2D eigenvalue weighted by Crippen LogP contribution is 2.22. The molecule has 0 aromatic heterocycles. The maximum absolute atomic E-state index is 5.69. The molecule has 1 fully saturated rings. The molecule has 0 bridgehead atoms. The van der Waals surface area contributed by atoms with E-state index in [9.17, 15) is 0 Å². The van der Waals surface area contributed by atoms with Crippen LogP contribution in [-0.4, -0.2) is 30.6 Å². The summed E-state index contributed by atoms with van der Waals surface area (Å²) in [5.41, 5.74) is 5.69. The van der Waals surface area contributed by atoms with Crippen LogP contribution in [0.15, 0.2) is 0 Å². The molecule has 2 N–H and O–H groups in total. The maximum Gasteiger partial charge on any atom is 0.00931 e. The normalized spacial score (nSPS) is 23.1. The van der Waals surface area contributed by atoms with Crippen molar-refractivity contribution >= 4 is 0 Å². The SMILES string of the molecule is CCCC(CCN)CCCN1CCCC1CC. The third kappa shape index (κ3) is 5.39. The van der Waals surface area contributed by atoms with Crippen LogP contribution >= 0.6 is 0 Å². The summed E-state index contributed by atoms with van der Waals surface area (Å²) >= 11 is 0. The van der Waals surface area contributed by atoms with Crippen molar-refractivity contribution in [3.05, 3.63) is 0 Å². The van der Waals surface area contributed by atoms with Crippen LogP contribution in [0, 0.1) is 5.92 Å². The van der Waals surface area contributed by atoms with Crippen LogP contribution < -0.4 is 5.73 Å². The predicted octanol–water partition coefficient (Wildman–Crippen LogP) is 3.41. The van der Waals surface area contributed by atoms with Gasteiger partial charge in [0.05, 0.1) is 0 Å². The highest BCUT2D eigenvalue weighted by Gasteiger charge is 2.22. The Balaban J connectivity index is 2.16. The van der Waals surface area contributed by atoms with Gasteiger partial charge in [0.25, 0.3) is 0 Å². The second-order valence-corrected chi connectivity index (χ2v) is 5.61. The van der Waals surface area contributed by atoms with Crippen molar-refractivity contribution in [2.45, 2.75) is 71.3 Å². The van der Waals surface area contributed by atoms with E-state index >= 15 is 0 Å². The Morgan fingerprint density at radius 3 is 2.71 bits per heavy atom. The molecule has 0 aromatic carbocycles.